The van der Waals surface area contributed by atoms with Crippen LogP contribution in [0.4, 0.5) is 13.2 Å². The Kier molecular flexibility index (Phi) is 3.22. The van der Waals surface area contributed by atoms with Crippen LogP contribution >= 0.6 is 0 Å². The van der Waals surface area contributed by atoms with Gasteiger partial charge in [-0.3, -0.25) is 0 Å². The molecule has 0 nitrogen and oxygen atoms in total. The highest BCUT2D eigenvalue weighted by molar-refractivity contribution is 5.34. The smallest absolute Gasteiger partial charge is 0.166 e. The van der Waals surface area contributed by atoms with Gasteiger partial charge in [0, 0.05) is 0 Å². The molecule has 15 heavy (non-hydrogen) atoms. The quantitative estimate of drug-likeness (QED) is 0.644. The van der Waals surface area contributed by atoms with Crippen LogP contribution in [0.15, 0.2) is 30.9 Å². The van der Waals surface area contributed by atoms with Crippen LogP contribution in [0, 0.1) is 6.92 Å². The van der Waals surface area contributed by atoms with Gasteiger partial charge in [-0.15, -0.1) is 6.58 Å². The first kappa shape index (κ1) is 11.8. The minimum absolute atomic E-state index is 0.0639. The summed E-state index contributed by atoms with van der Waals surface area (Å²) in [5.74, 6) is -0.0639. The molecular weight excluding hydrogens is 201 g/mol. The van der Waals surface area contributed by atoms with Crippen molar-refractivity contribution in [3.63, 3.8) is 0 Å². The maximum absolute atomic E-state index is 12.5. The van der Waals surface area contributed by atoms with Crippen molar-refractivity contribution >= 4 is 0 Å². The lowest BCUT2D eigenvalue weighted by Crippen LogP contribution is -2.06. The predicted molar refractivity (Wildman–Crippen MR) is 54.8 cm³/mol. The number of hydrogen-bond donors (Lipinski definition) is 0. The third kappa shape index (κ3) is 2.85. The van der Waals surface area contributed by atoms with E-state index in [4.69, 9.17) is 0 Å². The molecule has 0 fully saturated rings. The number of allylic oxidation sites excluding steroid dienone is 1. The average molecular weight is 214 g/mol. The van der Waals surface area contributed by atoms with E-state index in [0.717, 1.165) is 6.07 Å². The normalized spacial score (nSPS) is 13.7. The Labute approximate surface area is 87.4 Å². The van der Waals surface area contributed by atoms with Gasteiger partial charge < -0.3 is 0 Å². The van der Waals surface area contributed by atoms with Crippen LogP contribution in [-0.2, 0) is 6.18 Å². The zero-order valence-corrected chi connectivity index (χ0v) is 8.73. The SMILES string of the molecule is C=CC(C)c1cc(C)cc(C(F)(F)F)c1. The molecule has 0 saturated heterocycles. The second kappa shape index (κ2) is 4.09. The van der Waals surface area contributed by atoms with Crippen LogP contribution in [0.1, 0.15) is 29.5 Å². The molecule has 1 atom stereocenters. The van der Waals surface area contributed by atoms with Crippen LogP contribution in [0.25, 0.3) is 0 Å². The van der Waals surface area contributed by atoms with E-state index in [1.165, 1.54) is 6.07 Å². The fraction of sp³-hybridized carbons (Fsp3) is 0.333. The molecule has 1 unspecified atom stereocenters. The highest BCUT2D eigenvalue weighted by Crippen LogP contribution is 2.32. The number of rotatable bonds is 2. The standard InChI is InChI=1S/C12H13F3/c1-4-9(3)10-5-8(2)6-11(7-10)12(13,14)15/h4-7,9H,1H2,2-3H3. The van der Waals surface area contributed by atoms with Crippen molar-refractivity contribution in [2.45, 2.75) is 25.9 Å². The molecule has 1 aromatic rings. The zero-order chi connectivity index (χ0) is 11.6. The van der Waals surface area contributed by atoms with Crippen molar-refractivity contribution in [3.05, 3.63) is 47.5 Å². The van der Waals surface area contributed by atoms with Gasteiger partial charge in [-0.1, -0.05) is 24.6 Å². The van der Waals surface area contributed by atoms with Crippen LogP contribution in [0.5, 0.6) is 0 Å². The van der Waals surface area contributed by atoms with Crippen molar-refractivity contribution in [2.75, 3.05) is 0 Å². The molecule has 0 aliphatic heterocycles. The summed E-state index contributed by atoms with van der Waals surface area (Å²) in [6.07, 6.45) is -2.64. The van der Waals surface area contributed by atoms with Gasteiger partial charge in [0.15, 0.2) is 0 Å². The average Bonchev–Trinajstić information content (AvgIpc) is 2.14. The molecule has 0 radical (unpaired) electrons. The summed E-state index contributed by atoms with van der Waals surface area (Å²) in [5, 5.41) is 0. The number of alkyl halides is 3. The number of hydrogen-bond acceptors (Lipinski definition) is 0. The first-order valence-corrected chi connectivity index (χ1v) is 4.66. The van der Waals surface area contributed by atoms with E-state index >= 15 is 0 Å². The molecule has 82 valence electrons. The predicted octanol–water partition coefficient (Wildman–Crippen LogP) is 4.30. The van der Waals surface area contributed by atoms with Gasteiger partial charge in [0.1, 0.15) is 0 Å². The minimum atomic E-state index is -4.28. The summed E-state index contributed by atoms with van der Waals surface area (Å²) in [5.41, 5.74) is 0.678. The van der Waals surface area contributed by atoms with E-state index in [0.29, 0.717) is 11.1 Å². The molecule has 1 rings (SSSR count). The molecule has 0 spiro atoms. The molecule has 0 N–H and O–H groups in total. The van der Waals surface area contributed by atoms with Gasteiger partial charge in [-0.25, -0.2) is 0 Å². The monoisotopic (exact) mass is 214 g/mol. The van der Waals surface area contributed by atoms with Crippen LogP contribution in [0.3, 0.4) is 0 Å². The van der Waals surface area contributed by atoms with Gasteiger partial charge in [-0.05, 0) is 30.5 Å². The maximum Gasteiger partial charge on any atom is 0.416 e. The van der Waals surface area contributed by atoms with E-state index < -0.39 is 11.7 Å². The molecule has 0 saturated carbocycles. The molecule has 0 heterocycles. The number of benzene rings is 1. The topological polar surface area (TPSA) is 0 Å². The second-order valence-corrected chi connectivity index (χ2v) is 3.65. The lowest BCUT2D eigenvalue weighted by atomic mass is 9.97. The van der Waals surface area contributed by atoms with Gasteiger partial charge >= 0.3 is 6.18 Å². The lowest BCUT2D eigenvalue weighted by molar-refractivity contribution is -0.137. The summed E-state index contributed by atoms with van der Waals surface area (Å²) in [7, 11) is 0. The lowest BCUT2D eigenvalue weighted by Gasteiger charge is -2.12. The van der Waals surface area contributed by atoms with Gasteiger partial charge in [0.2, 0.25) is 0 Å². The molecule has 0 aliphatic carbocycles. The summed E-state index contributed by atoms with van der Waals surface area (Å²) in [6.45, 7) is 7.06. The van der Waals surface area contributed by atoms with E-state index in [-0.39, 0.29) is 5.92 Å². The highest BCUT2D eigenvalue weighted by Gasteiger charge is 2.31. The third-order valence-corrected chi connectivity index (χ3v) is 2.31. The molecule has 0 amide bonds. The van der Waals surface area contributed by atoms with Crippen LogP contribution < -0.4 is 0 Å². The second-order valence-electron chi connectivity index (χ2n) is 3.65. The van der Waals surface area contributed by atoms with Crippen molar-refractivity contribution in [1.29, 1.82) is 0 Å². The Hall–Kier alpha value is -1.25. The summed E-state index contributed by atoms with van der Waals surface area (Å²) in [6, 6.07) is 4.08. The Balaban J connectivity index is 3.22. The third-order valence-electron chi connectivity index (χ3n) is 2.31. The van der Waals surface area contributed by atoms with Crippen molar-refractivity contribution < 1.29 is 13.2 Å². The summed E-state index contributed by atoms with van der Waals surface area (Å²) >= 11 is 0. The number of halogens is 3. The summed E-state index contributed by atoms with van der Waals surface area (Å²) in [4.78, 5) is 0. The first-order chi connectivity index (χ1) is 6.84. The molecule has 3 heteroatoms. The minimum Gasteiger partial charge on any atom is -0.166 e. The van der Waals surface area contributed by atoms with Crippen LogP contribution in [0.2, 0.25) is 0 Å². The van der Waals surface area contributed by atoms with E-state index in [1.54, 1.807) is 19.1 Å². The molecular formula is C12H13F3. The Morgan fingerprint density at radius 3 is 2.33 bits per heavy atom. The molecule has 0 bridgehead atoms. The zero-order valence-electron chi connectivity index (χ0n) is 8.73. The largest absolute Gasteiger partial charge is 0.416 e. The highest BCUT2D eigenvalue weighted by atomic mass is 19.4. The van der Waals surface area contributed by atoms with Crippen molar-refractivity contribution in [2.24, 2.45) is 0 Å². The first-order valence-electron chi connectivity index (χ1n) is 4.66. The Morgan fingerprint density at radius 1 is 1.27 bits per heavy atom. The van der Waals surface area contributed by atoms with E-state index in [2.05, 4.69) is 6.58 Å². The van der Waals surface area contributed by atoms with Gasteiger partial charge in [0.25, 0.3) is 0 Å². The fourth-order valence-electron chi connectivity index (χ4n) is 1.38. The fourth-order valence-corrected chi connectivity index (χ4v) is 1.38. The molecule has 0 aromatic heterocycles. The van der Waals surface area contributed by atoms with E-state index in [9.17, 15) is 13.2 Å². The Morgan fingerprint density at radius 2 is 1.87 bits per heavy atom. The van der Waals surface area contributed by atoms with E-state index in [1.807, 2.05) is 6.92 Å². The van der Waals surface area contributed by atoms with Crippen molar-refractivity contribution in [3.8, 4) is 0 Å². The van der Waals surface area contributed by atoms with Crippen LogP contribution in [-0.4, -0.2) is 0 Å². The summed E-state index contributed by atoms with van der Waals surface area (Å²) < 4.78 is 37.5. The molecule has 0 aliphatic rings. The Bertz CT molecular complexity index is 364. The van der Waals surface area contributed by atoms with Gasteiger partial charge in [-0.2, -0.15) is 13.2 Å². The maximum atomic E-state index is 12.5. The van der Waals surface area contributed by atoms with Gasteiger partial charge in [0.05, 0.1) is 5.56 Å². The number of aryl methyl sites for hydroxylation is 1. The molecule has 1 aromatic carbocycles. The van der Waals surface area contributed by atoms with Crippen molar-refractivity contribution in [1.82, 2.24) is 0 Å².